The molecular weight excluding hydrogens is 162 g/mol. The molecule has 0 amide bonds. The third-order valence-electron chi connectivity index (χ3n) is 2.25. The summed E-state index contributed by atoms with van der Waals surface area (Å²) in [6.45, 7) is 3.59. The minimum Gasteiger partial charge on any atom is -0.287 e. The quantitative estimate of drug-likeness (QED) is 0.600. The topological polar surface area (TPSA) is 22.0 Å². The third-order valence-corrected chi connectivity index (χ3v) is 2.25. The van der Waals surface area contributed by atoms with Crippen molar-refractivity contribution in [2.45, 2.75) is 13.8 Å². The highest BCUT2D eigenvalue weighted by Gasteiger charge is 2.05. The highest BCUT2D eigenvalue weighted by atomic mass is 16.1. The zero-order chi connectivity index (χ0) is 9.42. The van der Waals surface area contributed by atoms with Crippen LogP contribution in [0.5, 0.6) is 0 Å². The molecule has 0 aliphatic carbocycles. The van der Waals surface area contributed by atoms with Crippen LogP contribution in [0.2, 0.25) is 0 Å². The fourth-order valence-electron chi connectivity index (χ4n) is 1.64. The first-order valence-corrected chi connectivity index (χ1v) is 4.28. The average molecular weight is 173 g/mol. The zero-order valence-corrected chi connectivity index (χ0v) is 7.74. The molecule has 0 bridgehead atoms. The van der Waals surface area contributed by atoms with Crippen molar-refractivity contribution in [2.75, 3.05) is 0 Å². The second kappa shape index (κ2) is 2.73. The summed E-state index contributed by atoms with van der Waals surface area (Å²) >= 11 is 0. The maximum atomic E-state index is 11.2. The van der Waals surface area contributed by atoms with Gasteiger partial charge >= 0.3 is 0 Å². The Morgan fingerprint density at radius 3 is 2.77 bits per heavy atom. The molecule has 0 aliphatic rings. The van der Waals surface area contributed by atoms with Crippen molar-refractivity contribution in [3.05, 3.63) is 36.0 Å². The lowest BCUT2D eigenvalue weighted by atomic mass is 10.2. The first kappa shape index (κ1) is 8.05. The molecule has 2 heteroatoms. The molecule has 0 radical (unpaired) electrons. The van der Waals surface area contributed by atoms with Crippen molar-refractivity contribution in [3.63, 3.8) is 0 Å². The molecule has 1 heterocycles. The summed E-state index contributed by atoms with van der Waals surface area (Å²) in [6.07, 6.45) is 1.82. The van der Waals surface area contributed by atoms with Crippen molar-refractivity contribution in [1.29, 1.82) is 0 Å². The molecule has 2 nitrogen and oxygen atoms in total. The SMILES string of the molecule is CC(=O)n1ccc2cccc(C)c21. The summed E-state index contributed by atoms with van der Waals surface area (Å²) in [4.78, 5) is 11.2. The second-order valence-electron chi connectivity index (χ2n) is 3.22. The van der Waals surface area contributed by atoms with Crippen LogP contribution in [-0.4, -0.2) is 10.5 Å². The molecule has 0 unspecified atom stereocenters. The van der Waals surface area contributed by atoms with E-state index in [2.05, 4.69) is 0 Å². The van der Waals surface area contributed by atoms with Gasteiger partial charge in [-0.05, 0) is 18.6 Å². The molecule has 66 valence electrons. The van der Waals surface area contributed by atoms with Gasteiger partial charge in [0.1, 0.15) is 0 Å². The Balaban J connectivity index is 2.86. The normalized spacial score (nSPS) is 10.6. The Kier molecular flexibility index (Phi) is 1.69. The number of nitrogens with zero attached hydrogens (tertiary/aromatic N) is 1. The number of benzene rings is 1. The van der Waals surface area contributed by atoms with Gasteiger partial charge in [-0.1, -0.05) is 18.2 Å². The van der Waals surface area contributed by atoms with Crippen LogP contribution in [0.15, 0.2) is 30.5 Å². The lowest BCUT2D eigenvalue weighted by molar-refractivity contribution is 0.0941. The van der Waals surface area contributed by atoms with Crippen molar-refractivity contribution in [2.24, 2.45) is 0 Å². The number of carbonyl (C=O) groups excluding carboxylic acids is 1. The van der Waals surface area contributed by atoms with Crippen LogP contribution in [0.3, 0.4) is 0 Å². The van der Waals surface area contributed by atoms with Crippen LogP contribution in [0.4, 0.5) is 0 Å². The smallest absolute Gasteiger partial charge is 0.227 e. The summed E-state index contributed by atoms with van der Waals surface area (Å²) in [5, 5.41) is 1.12. The lowest BCUT2D eigenvalue weighted by Crippen LogP contribution is -2.03. The van der Waals surface area contributed by atoms with Gasteiger partial charge in [0.2, 0.25) is 5.91 Å². The van der Waals surface area contributed by atoms with Crippen molar-refractivity contribution < 1.29 is 4.79 Å². The van der Waals surface area contributed by atoms with E-state index >= 15 is 0 Å². The largest absolute Gasteiger partial charge is 0.287 e. The molecule has 1 aromatic heterocycles. The molecule has 2 aromatic rings. The monoisotopic (exact) mass is 173 g/mol. The predicted molar refractivity (Wildman–Crippen MR) is 53.0 cm³/mol. The standard InChI is InChI=1S/C11H11NO/c1-8-4-3-5-10-6-7-12(9(2)13)11(8)10/h3-7H,1-2H3. The van der Waals surface area contributed by atoms with Gasteiger partial charge in [0.15, 0.2) is 0 Å². The molecule has 13 heavy (non-hydrogen) atoms. The highest BCUT2D eigenvalue weighted by molar-refractivity contribution is 5.93. The molecule has 0 spiro atoms. The van der Waals surface area contributed by atoms with E-state index in [0.717, 1.165) is 16.5 Å². The second-order valence-corrected chi connectivity index (χ2v) is 3.22. The number of rotatable bonds is 0. The molecule has 0 fully saturated rings. The highest BCUT2D eigenvalue weighted by Crippen LogP contribution is 2.19. The van der Waals surface area contributed by atoms with Gasteiger partial charge in [-0.15, -0.1) is 0 Å². The molecule has 0 atom stereocenters. The van der Waals surface area contributed by atoms with Crippen molar-refractivity contribution >= 4 is 16.8 Å². The molecular formula is C11H11NO. The third kappa shape index (κ3) is 1.15. The van der Waals surface area contributed by atoms with Crippen molar-refractivity contribution in [3.8, 4) is 0 Å². The number of aryl methyl sites for hydroxylation is 1. The van der Waals surface area contributed by atoms with E-state index in [1.165, 1.54) is 0 Å². The summed E-state index contributed by atoms with van der Waals surface area (Å²) in [7, 11) is 0. The predicted octanol–water partition coefficient (Wildman–Crippen LogP) is 2.61. The van der Waals surface area contributed by atoms with Crippen LogP contribution in [-0.2, 0) is 0 Å². The zero-order valence-electron chi connectivity index (χ0n) is 7.74. The van der Waals surface area contributed by atoms with Gasteiger partial charge in [-0.25, -0.2) is 0 Å². The first-order valence-electron chi connectivity index (χ1n) is 4.28. The number of hydrogen-bond acceptors (Lipinski definition) is 1. The maximum Gasteiger partial charge on any atom is 0.227 e. The maximum absolute atomic E-state index is 11.2. The summed E-state index contributed by atoms with van der Waals surface area (Å²) in [5.41, 5.74) is 2.16. The number of fused-ring (bicyclic) bond motifs is 1. The number of carbonyl (C=O) groups is 1. The Bertz CT molecular complexity index is 468. The molecule has 0 aliphatic heterocycles. The van der Waals surface area contributed by atoms with Crippen LogP contribution in [0.25, 0.3) is 10.9 Å². The van der Waals surface area contributed by atoms with E-state index in [9.17, 15) is 4.79 Å². The van der Waals surface area contributed by atoms with E-state index in [0.29, 0.717) is 0 Å². The lowest BCUT2D eigenvalue weighted by Gasteiger charge is -2.01. The van der Waals surface area contributed by atoms with Crippen molar-refractivity contribution in [1.82, 2.24) is 4.57 Å². The molecule has 0 N–H and O–H groups in total. The Hall–Kier alpha value is -1.57. The fourth-order valence-corrected chi connectivity index (χ4v) is 1.64. The number of aromatic nitrogens is 1. The fraction of sp³-hybridized carbons (Fsp3) is 0.182. The summed E-state index contributed by atoms with van der Waals surface area (Å²) < 4.78 is 1.69. The van der Waals surface area contributed by atoms with Gasteiger partial charge in [0, 0.05) is 18.5 Å². The van der Waals surface area contributed by atoms with Gasteiger partial charge in [0.25, 0.3) is 0 Å². The van der Waals surface area contributed by atoms with E-state index in [1.54, 1.807) is 11.5 Å². The van der Waals surface area contributed by atoms with E-state index in [-0.39, 0.29) is 5.91 Å². The molecule has 1 aromatic carbocycles. The van der Waals surface area contributed by atoms with Crippen LogP contribution in [0, 0.1) is 6.92 Å². The molecule has 0 saturated heterocycles. The van der Waals surface area contributed by atoms with E-state index in [1.807, 2.05) is 37.4 Å². The van der Waals surface area contributed by atoms with Crippen LogP contribution in [0.1, 0.15) is 17.3 Å². The van der Waals surface area contributed by atoms with Gasteiger partial charge < -0.3 is 0 Å². The summed E-state index contributed by atoms with van der Waals surface area (Å²) in [5.74, 6) is 0.0595. The minimum atomic E-state index is 0.0595. The Morgan fingerprint density at radius 2 is 2.08 bits per heavy atom. The van der Waals surface area contributed by atoms with Gasteiger partial charge in [0.05, 0.1) is 5.52 Å². The van der Waals surface area contributed by atoms with Gasteiger partial charge in [-0.2, -0.15) is 0 Å². The van der Waals surface area contributed by atoms with Crippen LogP contribution < -0.4 is 0 Å². The Labute approximate surface area is 76.8 Å². The number of hydrogen-bond donors (Lipinski definition) is 0. The van der Waals surface area contributed by atoms with Crippen LogP contribution >= 0.6 is 0 Å². The van der Waals surface area contributed by atoms with E-state index in [4.69, 9.17) is 0 Å². The summed E-state index contributed by atoms with van der Waals surface area (Å²) in [6, 6.07) is 8.00. The minimum absolute atomic E-state index is 0.0595. The molecule has 0 saturated carbocycles. The Morgan fingerprint density at radius 1 is 1.31 bits per heavy atom. The van der Waals surface area contributed by atoms with Gasteiger partial charge in [-0.3, -0.25) is 9.36 Å². The average Bonchev–Trinajstić information content (AvgIpc) is 2.49. The number of para-hydroxylation sites is 1. The van der Waals surface area contributed by atoms with E-state index < -0.39 is 0 Å². The first-order chi connectivity index (χ1) is 6.20. The molecule has 2 rings (SSSR count).